The molecule has 0 amide bonds. The van der Waals surface area contributed by atoms with E-state index in [1.54, 1.807) is 0 Å². The van der Waals surface area contributed by atoms with Gasteiger partial charge in [0.1, 0.15) is 6.23 Å². The molecule has 0 aromatic carbocycles. The third-order valence-corrected chi connectivity index (χ3v) is 3.01. The van der Waals surface area contributed by atoms with Crippen LogP contribution in [0.25, 0.3) is 0 Å². The SMILES string of the molecule is CC(C)C1=CN(C)NC1OC1CCC1. The van der Waals surface area contributed by atoms with Crippen molar-refractivity contribution in [3.05, 3.63) is 11.8 Å². The van der Waals surface area contributed by atoms with Gasteiger partial charge in [0.15, 0.2) is 0 Å². The van der Waals surface area contributed by atoms with Gasteiger partial charge in [-0.15, -0.1) is 0 Å². The molecule has 1 fully saturated rings. The summed E-state index contributed by atoms with van der Waals surface area (Å²) in [7, 11) is 2.02. The van der Waals surface area contributed by atoms with Crippen LogP contribution in [0, 0.1) is 5.92 Å². The lowest BCUT2D eigenvalue weighted by Gasteiger charge is -2.30. The van der Waals surface area contributed by atoms with Crippen LogP contribution in [0.2, 0.25) is 0 Å². The van der Waals surface area contributed by atoms with Gasteiger partial charge in [-0.05, 0) is 30.8 Å². The van der Waals surface area contributed by atoms with Crippen LogP contribution in [0.3, 0.4) is 0 Å². The zero-order valence-corrected chi connectivity index (χ0v) is 9.29. The summed E-state index contributed by atoms with van der Waals surface area (Å²) in [5, 5.41) is 2.00. The van der Waals surface area contributed by atoms with Gasteiger partial charge in [-0.3, -0.25) is 0 Å². The van der Waals surface area contributed by atoms with Crippen molar-refractivity contribution >= 4 is 0 Å². The summed E-state index contributed by atoms with van der Waals surface area (Å²) in [6.07, 6.45) is 6.54. The maximum absolute atomic E-state index is 5.97. The lowest BCUT2D eigenvalue weighted by Crippen LogP contribution is -2.40. The maximum Gasteiger partial charge on any atom is 0.148 e. The minimum atomic E-state index is 0.116. The summed E-state index contributed by atoms with van der Waals surface area (Å²) in [6.45, 7) is 4.42. The van der Waals surface area contributed by atoms with Gasteiger partial charge < -0.3 is 9.75 Å². The predicted octanol–water partition coefficient (Wildman–Crippen LogP) is 1.87. The lowest BCUT2D eigenvalue weighted by molar-refractivity contribution is -0.0613. The number of ether oxygens (including phenoxy) is 1. The highest BCUT2D eigenvalue weighted by Crippen LogP contribution is 2.28. The third-order valence-electron chi connectivity index (χ3n) is 3.01. The first-order valence-corrected chi connectivity index (χ1v) is 5.53. The number of nitrogens with zero attached hydrogens (tertiary/aromatic N) is 1. The van der Waals surface area contributed by atoms with E-state index in [9.17, 15) is 0 Å². The molecule has 80 valence electrons. The molecule has 0 saturated heterocycles. The molecule has 1 heterocycles. The molecule has 0 radical (unpaired) electrons. The van der Waals surface area contributed by atoms with Crippen molar-refractivity contribution in [1.29, 1.82) is 0 Å². The van der Waals surface area contributed by atoms with E-state index in [1.165, 1.54) is 24.8 Å². The molecule has 1 saturated carbocycles. The van der Waals surface area contributed by atoms with Crippen molar-refractivity contribution in [2.45, 2.75) is 45.4 Å². The van der Waals surface area contributed by atoms with Crippen LogP contribution in [0.4, 0.5) is 0 Å². The second-order valence-corrected chi connectivity index (χ2v) is 4.59. The fourth-order valence-corrected chi connectivity index (χ4v) is 1.85. The van der Waals surface area contributed by atoms with Gasteiger partial charge in [-0.2, -0.15) is 0 Å². The van der Waals surface area contributed by atoms with Crippen LogP contribution in [0.15, 0.2) is 11.8 Å². The van der Waals surface area contributed by atoms with Gasteiger partial charge in [0, 0.05) is 13.2 Å². The summed E-state index contributed by atoms with van der Waals surface area (Å²) in [4.78, 5) is 0. The zero-order chi connectivity index (χ0) is 10.1. The average molecular weight is 196 g/mol. The molecule has 3 heteroatoms. The number of hydrazine groups is 1. The summed E-state index contributed by atoms with van der Waals surface area (Å²) in [5.74, 6) is 0.553. The van der Waals surface area contributed by atoms with E-state index in [4.69, 9.17) is 4.74 Å². The Balaban J connectivity index is 1.93. The van der Waals surface area contributed by atoms with Gasteiger partial charge in [-0.1, -0.05) is 13.8 Å². The smallest absolute Gasteiger partial charge is 0.148 e. The third kappa shape index (κ3) is 1.93. The molecule has 2 rings (SSSR count). The lowest BCUT2D eigenvalue weighted by atomic mass is 9.95. The predicted molar refractivity (Wildman–Crippen MR) is 56.3 cm³/mol. The van der Waals surface area contributed by atoms with Crippen molar-refractivity contribution in [1.82, 2.24) is 10.4 Å². The summed E-state index contributed by atoms with van der Waals surface area (Å²) >= 11 is 0. The monoisotopic (exact) mass is 196 g/mol. The minimum absolute atomic E-state index is 0.116. The Hall–Kier alpha value is -0.540. The molecule has 0 spiro atoms. The number of hydrogen-bond donors (Lipinski definition) is 1. The molecular formula is C11H20N2O. The van der Waals surface area contributed by atoms with E-state index in [-0.39, 0.29) is 6.23 Å². The Kier molecular flexibility index (Phi) is 2.79. The standard InChI is InChI=1S/C11H20N2O/c1-8(2)10-7-13(3)12-11(10)14-9-5-4-6-9/h7-9,11-12H,4-6H2,1-3H3. The molecule has 1 unspecified atom stereocenters. The summed E-state index contributed by atoms with van der Waals surface area (Å²) < 4.78 is 5.97. The zero-order valence-electron chi connectivity index (χ0n) is 9.29. The summed E-state index contributed by atoms with van der Waals surface area (Å²) in [5.41, 5.74) is 4.66. The fraction of sp³-hybridized carbons (Fsp3) is 0.818. The van der Waals surface area contributed by atoms with Crippen molar-refractivity contribution in [2.24, 2.45) is 5.92 Å². The molecule has 14 heavy (non-hydrogen) atoms. The van der Waals surface area contributed by atoms with Crippen molar-refractivity contribution < 1.29 is 4.74 Å². The highest BCUT2D eigenvalue weighted by molar-refractivity contribution is 5.13. The van der Waals surface area contributed by atoms with Crippen LogP contribution in [0.5, 0.6) is 0 Å². The number of rotatable bonds is 3. The molecule has 1 atom stereocenters. The van der Waals surface area contributed by atoms with Gasteiger partial charge in [-0.25, -0.2) is 5.43 Å². The fourth-order valence-electron chi connectivity index (χ4n) is 1.85. The highest BCUT2D eigenvalue weighted by atomic mass is 16.5. The Morgan fingerprint density at radius 2 is 2.21 bits per heavy atom. The first kappa shape index (κ1) is 9.99. The Labute approximate surface area is 86.1 Å². The van der Waals surface area contributed by atoms with Gasteiger partial charge in [0.25, 0.3) is 0 Å². The van der Waals surface area contributed by atoms with Crippen molar-refractivity contribution in [3.8, 4) is 0 Å². The molecule has 0 aromatic rings. The molecular weight excluding hydrogens is 176 g/mol. The largest absolute Gasteiger partial charge is 0.354 e. The number of hydrogen-bond acceptors (Lipinski definition) is 3. The van der Waals surface area contributed by atoms with E-state index < -0.39 is 0 Å². The van der Waals surface area contributed by atoms with E-state index in [0.29, 0.717) is 12.0 Å². The Morgan fingerprint density at radius 1 is 1.50 bits per heavy atom. The maximum atomic E-state index is 5.97. The van der Waals surface area contributed by atoms with E-state index in [2.05, 4.69) is 25.5 Å². The van der Waals surface area contributed by atoms with Crippen LogP contribution in [-0.4, -0.2) is 24.4 Å². The van der Waals surface area contributed by atoms with Crippen molar-refractivity contribution in [2.75, 3.05) is 7.05 Å². The molecule has 3 nitrogen and oxygen atoms in total. The van der Waals surface area contributed by atoms with Crippen LogP contribution in [-0.2, 0) is 4.74 Å². The molecule has 0 aromatic heterocycles. The second kappa shape index (κ2) is 3.91. The van der Waals surface area contributed by atoms with Gasteiger partial charge in [0.05, 0.1) is 6.10 Å². The first-order chi connectivity index (χ1) is 6.66. The second-order valence-electron chi connectivity index (χ2n) is 4.59. The average Bonchev–Trinajstić information content (AvgIpc) is 2.39. The molecule has 1 aliphatic heterocycles. The van der Waals surface area contributed by atoms with Crippen molar-refractivity contribution in [3.63, 3.8) is 0 Å². The van der Waals surface area contributed by atoms with Crippen LogP contribution in [0.1, 0.15) is 33.1 Å². The Bertz CT molecular complexity index is 233. The minimum Gasteiger partial charge on any atom is -0.354 e. The van der Waals surface area contributed by atoms with E-state index in [1.807, 2.05) is 12.1 Å². The van der Waals surface area contributed by atoms with E-state index >= 15 is 0 Å². The first-order valence-electron chi connectivity index (χ1n) is 5.53. The molecule has 2 aliphatic rings. The Morgan fingerprint density at radius 3 is 2.71 bits per heavy atom. The molecule has 0 bridgehead atoms. The van der Waals surface area contributed by atoms with Gasteiger partial charge >= 0.3 is 0 Å². The number of nitrogens with one attached hydrogen (secondary N) is 1. The summed E-state index contributed by atoms with van der Waals surface area (Å²) in [6, 6.07) is 0. The molecule has 1 aliphatic carbocycles. The van der Waals surface area contributed by atoms with Crippen LogP contribution >= 0.6 is 0 Å². The van der Waals surface area contributed by atoms with E-state index in [0.717, 1.165) is 0 Å². The van der Waals surface area contributed by atoms with Gasteiger partial charge in [0.2, 0.25) is 0 Å². The normalized spacial score (nSPS) is 28.1. The topological polar surface area (TPSA) is 24.5 Å². The highest BCUT2D eigenvalue weighted by Gasteiger charge is 2.29. The molecule has 1 N–H and O–H groups in total. The quantitative estimate of drug-likeness (QED) is 0.745. The van der Waals surface area contributed by atoms with Crippen LogP contribution < -0.4 is 5.43 Å².